The summed E-state index contributed by atoms with van der Waals surface area (Å²) in [4.78, 5) is 23.1. The van der Waals surface area contributed by atoms with E-state index in [-0.39, 0.29) is 17.6 Å². The number of nitrogens with zero attached hydrogens (tertiary/aromatic N) is 2. The first-order chi connectivity index (χ1) is 11.9. The van der Waals surface area contributed by atoms with Gasteiger partial charge in [0.2, 0.25) is 16.9 Å². The van der Waals surface area contributed by atoms with Crippen LogP contribution in [0.4, 0.5) is 16.5 Å². The highest BCUT2D eigenvalue weighted by Crippen LogP contribution is 2.25. The van der Waals surface area contributed by atoms with Crippen molar-refractivity contribution >= 4 is 51.4 Å². The SMILES string of the molecule is CC(=O)Nc1cccc(NC(=O)CSc2nnc(NCC(C)C)s2)c1. The monoisotopic (exact) mass is 379 g/mol. The highest BCUT2D eigenvalue weighted by molar-refractivity contribution is 8.01. The molecule has 25 heavy (non-hydrogen) atoms. The highest BCUT2D eigenvalue weighted by Gasteiger charge is 2.09. The lowest BCUT2D eigenvalue weighted by molar-refractivity contribution is -0.114. The number of thioether (sulfide) groups is 1. The first-order valence-electron chi connectivity index (χ1n) is 7.80. The number of nitrogens with one attached hydrogen (secondary N) is 3. The van der Waals surface area contributed by atoms with Crippen LogP contribution in [0.5, 0.6) is 0 Å². The van der Waals surface area contributed by atoms with Crippen molar-refractivity contribution in [2.24, 2.45) is 5.92 Å². The van der Waals surface area contributed by atoms with E-state index in [2.05, 4.69) is 40.0 Å². The van der Waals surface area contributed by atoms with Crippen LogP contribution < -0.4 is 16.0 Å². The standard InChI is InChI=1S/C16H21N5O2S2/c1-10(2)8-17-15-20-21-16(25-15)24-9-14(23)19-13-6-4-5-12(7-13)18-11(3)22/h4-7,10H,8-9H2,1-3H3,(H,17,20)(H,18,22)(H,19,23). The maximum Gasteiger partial charge on any atom is 0.234 e. The summed E-state index contributed by atoms with van der Waals surface area (Å²) in [7, 11) is 0. The number of amides is 2. The molecule has 1 aromatic heterocycles. The molecule has 0 aliphatic rings. The van der Waals surface area contributed by atoms with Gasteiger partial charge < -0.3 is 16.0 Å². The van der Waals surface area contributed by atoms with E-state index in [0.717, 1.165) is 16.0 Å². The van der Waals surface area contributed by atoms with Gasteiger partial charge in [0, 0.05) is 24.8 Å². The van der Waals surface area contributed by atoms with Gasteiger partial charge in [-0.3, -0.25) is 9.59 Å². The molecule has 0 atom stereocenters. The summed E-state index contributed by atoms with van der Waals surface area (Å²) in [5, 5.41) is 17.6. The number of carbonyl (C=O) groups excluding carboxylic acids is 2. The van der Waals surface area contributed by atoms with E-state index in [9.17, 15) is 9.59 Å². The Labute approximate surface area is 155 Å². The Morgan fingerprint density at radius 1 is 1.20 bits per heavy atom. The number of hydrogen-bond acceptors (Lipinski definition) is 7. The van der Waals surface area contributed by atoms with Crippen LogP contribution in [0.15, 0.2) is 28.6 Å². The molecular formula is C16H21N5O2S2. The molecule has 3 N–H and O–H groups in total. The van der Waals surface area contributed by atoms with E-state index in [4.69, 9.17) is 0 Å². The topological polar surface area (TPSA) is 96.0 Å². The molecule has 2 rings (SSSR count). The number of rotatable bonds is 8. The van der Waals surface area contributed by atoms with Crippen LogP contribution in [-0.4, -0.2) is 34.3 Å². The molecule has 2 aromatic rings. The fourth-order valence-electron chi connectivity index (χ4n) is 1.83. The van der Waals surface area contributed by atoms with Gasteiger partial charge in [0.1, 0.15) is 0 Å². The summed E-state index contributed by atoms with van der Waals surface area (Å²) in [6.07, 6.45) is 0. The fraction of sp³-hybridized carbons (Fsp3) is 0.375. The average Bonchev–Trinajstić information content (AvgIpc) is 2.98. The minimum absolute atomic E-state index is 0.142. The van der Waals surface area contributed by atoms with Crippen molar-refractivity contribution in [3.63, 3.8) is 0 Å². The zero-order valence-electron chi connectivity index (χ0n) is 14.3. The molecule has 0 unspecified atom stereocenters. The summed E-state index contributed by atoms with van der Waals surface area (Å²) in [6, 6.07) is 7.01. The van der Waals surface area contributed by atoms with Crippen LogP contribution in [0.3, 0.4) is 0 Å². The van der Waals surface area contributed by atoms with Gasteiger partial charge in [-0.2, -0.15) is 0 Å². The third-order valence-electron chi connectivity index (χ3n) is 2.86. The molecule has 1 heterocycles. The van der Waals surface area contributed by atoms with Crippen LogP contribution in [-0.2, 0) is 9.59 Å². The lowest BCUT2D eigenvalue weighted by Gasteiger charge is -2.07. The Bertz CT molecular complexity index is 733. The van der Waals surface area contributed by atoms with Crippen LogP contribution in [0, 0.1) is 5.92 Å². The van der Waals surface area contributed by atoms with Crippen LogP contribution in [0.25, 0.3) is 0 Å². The van der Waals surface area contributed by atoms with E-state index < -0.39 is 0 Å². The molecule has 1 aromatic carbocycles. The van der Waals surface area contributed by atoms with E-state index in [0.29, 0.717) is 17.3 Å². The van der Waals surface area contributed by atoms with Crippen molar-refractivity contribution in [3.05, 3.63) is 24.3 Å². The zero-order valence-corrected chi connectivity index (χ0v) is 16.0. The highest BCUT2D eigenvalue weighted by atomic mass is 32.2. The number of anilines is 3. The number of aromatic nitrogens is 2. The molecule has 0 radical (unpaired) electrons. The molecule has 9 heteroatoms. The van der Waals surface area contributed by atoms with Crippen LogP contribution in [0.2, 0.25) is 0 Å². The van der Waals surface area contributed by atoms with E-state index >= 15 is 0 Å². The summed E-state index contributed by atoms with van der Waals surface area (Å²) >= 11 is 2.78. The normalized spacial score (nSPS) is 10.6. The van der Waals surface area contributed by atoms with Crippen LogP contribution in [0.1, 0.15) is 20.8 Å². The molecule has 0 saturated heterocycles. The van der Waals surface area contributed by atoms with Gasteiger partial charge in [0.25, 0.3) is 0 Å². The summed E-state index contributed by atoms with van der Waals surface area (Å²) in [5.74, 6) is 0.469. The van der Waals surface area contributed by atoms with Gasteiger partial charge in [0.15, 0.2) is 4.34 Å². The predicted molar refractivity (Wildman–Crippen MR) is 103 cm³/mol. The van der Waals surface area contributed by atoms with Gasteiger partial charge in [-0.15, -0.1) is 10.2 Å². The molecular weight excluding hydrogens is 358 g/mol. The molecule has 0 bridgehead atoms. The first-order valence-corrected chi connectivity index (χ1v) is 9.60. The Balaban J connectivity index is 1.81. The minimum atomic E-state index is -0.155. The van der Waals surface area contributed by atoms with Crippen molar-refractivity contribution in [1.29, 1.82) is 0 Å². The van der Waals surface area contributed by atoms with Gasteiger partial charge in [0.05, 0.1) is 5.75 Å². The van der Waals surface area contributed by atoms with Crippen molar-refractivity contribution in [2.45, 2.75) is 25.1 Å². The average molecular weight is 380 g/mol. The van der Waals surface area contributed by atoms with E-state index in [1.54, 1.807) is 24.3 Å². The van der Waals surface area contributed by atoms with Crippen molar-refractivity contribution in [3.8, 4) is 0 Å². The largest absolute Gasteiger partial charge is 0.360 e. The molecule has 2 amide bonds. The molecule has 0 aliphatic heterocycles. The Morgan fingerprint density at radius 2 is 1.92 bits per heavy atom. The lowest BCUT2D eigenvalue weighted by atomic mass is 10.2. The Kier molecular flexibility index (Phi) is 7.20. The molecule has 0 saturated carbocycles. The van der Waals surface area contributed by atoms with Gasteiger partial charge in [-0.1, -0.05) is 43.0 Å². The zero-order chi connectivity index (χ0) is 18.2. The number of hydrogen-bond donors (Lipinski definition) is 3. The quantitative estimate of drug-likeness (QED) is 0.609. The van der Waals surface area contributed by atoms with Crippen molar-refractivity contribution in [1.82, 2.24) is 10.2 Å². The smallest absolute Gasteiger partial charge is 0.234 e. The molecule has 0 spiro atoms. The van der Waals surface area contributed by atoms with E-state index in [1.807, 2.05) is 0 Å². The second-order valence-corrected chi connectivity index (χ2v) is 7.95. The molecule has 7 nitrogen and oxygen atoms in total. The van der Waals surface area contributed by atoms with Crippen molar-refractivity contribution in [2.75, 3.05) is 28.2 Å². The Hall–Kier alpha value is -2.13. The second kappa shape index (κ2) is 9.38. The lowest BCUT2D eigenvalue weighted by Crippen LogP contribution is -2.14. The van der Waals surface area contributed by atoms with Gasteiger partial charge in [-0.05, 0) is 24.1 Å². The maximum absolute atomic E-state index is 12.1. The predicted octanol–water partition coefficient (Wildman–Crippen LogP) is 3.30. The van der Waals surface area contributed by atoms with E-state index in [1.165, 1.54) is 30.0 Å². The summed E-state index contributed by atoms with van der Waals surface area (Å²) in [6.45, 7) is 6.52. The third-order valence-corrected chi connectivity index (χ3v) is 4.88. The van der Waals surface area contributed by atoms with Gasteiger partial charge in [-0.25, -0.2) is 0 Å². The summed E-state index contributed by atoms with van der Waals surface area (Å²) < 4.78 is 0.744. The Morgan fingerprint density at radius 3 is 2.60 bits per heavy atom. The molecule has 134 valence electrons. The third kappa shape index (κ3) is 7.10. The molecule has 0 fully saturated rings. The minimum Gasteiger partial charge on any atom is -0.360 e. The first kappa shape index (κ1) is 19.2. The van der Waals surface area contributed by atoms with Crippen LogP contribution >= 0.6 is 23.1 Å². The molecule has 0 aliphatic carbocycles. The maximum atomic E-state index is 12.1. The second-order valence-electron chi connectivity index (χ2n) is 5.75. The summed E-state index contributed by atoms with van der Waals surface area (Å²) in [5.41, 5.74) is 1.27. The number of carbonyl (C=O) groups is 2. The van der Waals surface area contributed by atoms with Gasteiger partial charge >= 0.3 is 0 Å². The van der Waals surface area contributed by atoms with Crippen molar-refractivity contribution < 1.29 is 9.59 Å². The number of benzene rings is 1. The fourth-order valence-corrected chi connectivity index (χ4v) is 3.39.